The highest BCUT2D eigenvalue weighted by molar-refractivity contribution is 5.81. The van der Waals surface area contributed by atoms with E-state index < -0.39 is 6.04 Å². The molecule has 1 rings (SSSR count). The Balaban J connectivity index is 2.69. The number of ether oxygens (including phenoxy) is 1. The van der Waals surface area contributed by atoms with Gasteiger partial charge in [0.1, 0.15) is 11.8 Å². The van der Waals surface area contributed by atoms with Crippen LogP contribution in [-0.2, 0) is 4.79 Å². The Morgan fingerprint density at radius 3 is 2.35 bits per heavy atom. The van der Waals surface area contributed by atoms with Gasteiger partial charge in [-0.2, -0.15) is 0 Å². The van der Waals surface area contributed by atoms with Gasteiger partial charge in [-0.1, -0.05) is 12.1 Å². The fraction of sp³-hybridized carbons (Fsp3) is 0.533. The molecular weight excluding hydrogens is 254 g/mol. The number of likely N-dealkylation sites (N-methyl/N-ethyl adjacent to an activating group) is 1. The van der Waals surface area contributed by atoms with Crippen molar-refractivity contribution < 1.29 is 9.53 Å². The Kier molecular flexibility index (Phi) is 6.48. The summed E-state index contributed by atoms with van der Waals surface area (Å²) in [5.74, 6) is 0.418. The predicted molar refractivity (Wildman–Crippen MR) is 80.7 cm³/mol. The number of rotatable bonds is 8. The molecule has 0 bridgehead atoms. The van der Waals surface area contributed by atoms with Crippen molar-refractivity contribution in [1.29, 1.82) is 0 Å². The topological polar surface area (TPSA) is 67.6 Å². The van der Waals surface area contributed by atoms with Crippen molar-refractivity contribution in [1.82, 2.24) is 10.2 Å². The number of primary amides is 1. The molecule has 1 atom stereocenters. The predicted octanol–water partition coefficient (Wildman–Crippen LogP) is 1.15. The maximum Gasteiger partial charge on any atom is 0.239 e. The summed E-state index contributed by atoms with van der Waals surface area (Å²) in [7, 11) is 3.97. The smallest absolute Gasteiger partial charge is 0.239 e. The first-order chi connectivity index (χ1) is 9.40. The third-order valence-corrected chi connectivity index (χ3v) is 2.78. The highest BCUT2D eigenvalue weighted by Gasteiger charge is 2.16. The van der Waals surface area contributed by atoms with Gasteiger partial charge in [0.15, 0.2) is 0 Å². The van der Waals surface area contributed by atoms with E-state index in [1.165, 1.54) is 0 Å². The Hall–Kier alpha value is -1.59. The molecule has 0 aliphatic carbocycles. The van der Waals surface area contributed by atoms with Crippen LogP contribution >= 0.6 is 0 Å². The monoisotopic (exact) mass is 279 g/mol. The average molecular weight is 279 g/mol. The highest BCUT2D eigenvalue weighted by atomic mass is 16.5. The second kappa shape index (κ2) is 7.87. The number of benzene rings is 1. The highest BCUT2D eigenvalue weighted by Crippen LogP contribution is 2.18. The van der Waals surface area contributed by atoms with E-state index in [2.05, 4.69) is 5.32 Å². The number of carbonyl (C=O) groups is 1. The second-order valence-corrected chi connectivity index (χ2v) is 5.33. The molecule has 0 aliphatic heterocycles. The number of carbonyl (C=O) groups excluding carboxylic acids is 1. The van der Waals surface area contributed by atoms with E-state index in [0.29, 0.717) is 6.54 Å². The van der Waals surface area contributed by atoms with Gasteiger partial charge in [-0.3, -0.25) is 4.79 Å². The normalized spacial score (nSPS) is 12.7. The molecular formula is C15H25N3O2. The summed E-state index contributed by atoms with van der Waals surface area (Å²) < 4.78 is 5.58. The molecule has 0 aromatic heterocycles. The number of nitrogens with zero attached hydrogens (tertiary/aromatic N) is 1. The first-order valence-corrected chi connectivity index (χ1v) is 6.84. The molecule has 0 heterocycles. The molecule has 0 fully saturated rings. The number of hydrogen-bond acceptors (Lipinski definition) is 4. The van der Waals surface area contributed by atoms with Crippen LogP contribution in [0.25, 0.3) is 0 Å². The molecule has 20 heavy (non-hydrogen) atoms. The molecule has 1 unspecified atom stereocenters. The quantitative estimate of drug-likeness (QED) is 0.749. The van der Waals surface area contributed by atoms with Crippen LogP contribution in [0, 0.1) is 0 Å². The number of amides is 1. The van der Waals surface area contributed by atoms with Crippen molar-refractivity contribution in [2.24, 2.45) is 5.73 Å². The van der Waals surface area contributed by atoms with Crippen LogP contribution in [0.1, 0.15) is 25.5 Å². The Labute approximate surface area is 121 Å². The number of nitrogens with one attached hydrogen (secondary N) is 1. The molecule has 5 heteroatoms. The van der Waals surface area contributed by atoms with E-state index in [1.807, 2.05) is 57.1 Å². The van der Waals surface area contributed by atoms with E-state index in [1.54, 1.807) is 0 Å². The maximum atomic E-state index is 11.6. The van der Waals surface area contributed by atoms with E-state index in [9.17, 15) is 4.79 Å². The Bertz CT molecular complexity index is 416. The zero-order valence-electron chi connectivity index (χ0n) is 12.7. The summed E-state index contributed by atoms with van der Waals surface area (Å²) in [5.41, 5.74) is 6.31. The summed E-state index contributed by atoms with van der Waals surface area (Å²) in [6, 6.07) is 6.99. The minimum absolute atomic E-state index is 0.131. The van der Waals surface area contributed by atoms with Crippen molar-refractivity contribution in [3.05, 3.63) is 29.8 Å². The van der Waals surface area contributed by atoms with Crippen LogP contribution < -0.4 is 15.8 Å². The van der Waals surface area contributed by atoms with Crippen LogP contribution in [0.4, 0.5) is 0 Å². The summed E-state index contributed by atoms with van der Waals surface area (Å²) in [5, 5.41) is 3.17. The van der Waals surface area contributed by atoms with Gasteiger partial charge in [0, 0.05) is 13.1 Å². The van der Waals surface area contributed by atoms with E-state index in [-0.39, 0.29) is 12.0 Å². The third kappa shape index (κ3) is 5.59. The van der Waals surface area contributed by atoms with Gasteiger partial charge in [-0.05, 0) is 45.6 Å². The molecule has 0 aliphatic rings. The van der Waals surface area contributed by atoms with Crippen molar-refractivity contribution in [3.8, 4) is 5.75 Å². The van der Waals surface area contributed by atoms with Crippen molar-refractivity contribution in [3.63, 3.8) is 0 Å². The van der Waals surface area contributed by atoms with Crippen molar-refractivity contribution in [2.75, 3.05) is 27.2 Å². The maximum absolute atomic E-state index is 11.6. The van der Waals surface area contributed by atoms with E-state index >= 15 is 0 Å². The van der Waals surface area contributed by atoms with Gasteiger partial charge in [0.25, 0.3) is 0 Å². The van der Waals surface area contributed by atoms with Gasteiger partial charge in [-0.15, -0.1) is 0 Å². The van der Waals surface area contributed by atoms with Gasteiger partial charge in [-0.25, -0.2) is 0 Å². The molecule has 0 saturated heterocycles. The summed E-state index contributed by atoms with van der Waals surface area (Å²) in [6.07, 6.45) is 0.131. The van der Waals surface area contributed by atoms with Crippen LogP contribution in [-0.4, -0.2) is 44.1 Å². The summed E-state index contributed by atoms with van der Waals surface area (Å²) in [6.45, 7) is 5.50. The molecule has 5 nitrogen and oxygen atoms in total. The first-order valence-electron chi connectivity index (χ1n) is 6.84. The summed E-state index contributed by atoms with van der Waals surface area (Å²) in [4.78, 5) is 13.6. The molecule has 0 spiro atoms. The van der Waals surface area contributed by atoms with E-state index in [0.717, 1.165) is 17.9 Å². The van der Waals surface area contributed by atoms with Gasteiger partial charge in [0.2, 0.25) is 5.91 Å². The minimum atomic E-state index is -0.469. The summed E-state index contributed by atoms with van der Waals surface area (Å²) >= 11 is 0. The standard InChI is InChI=1S/C15H25N3O2/c1-11(2)20-13-7-5-12(6-8-13)14(15(16)19)17-9-10-18(3)4/h5-8,11,14,17H,9-10H2,1-4H3,(H2,16,19). The Morgan fingerprint density at radius 1 is 1.30 bits per heavy atom. The lowest BCUT2D eigenvalue weighted by atomic mass is 10.1. The molecule has 0 saturated carbocycles. The van der Waals surface area contributed by atoms with Crippen LogP contribution in [0.2, 0.25) is 0 Å². The molecule has 1 amide bonds. The minimum Gasteiger partial charge on any atom is -0.491 e. The Morgan fingerprint density at radius 2 is 1.90 bits per heavy atom. The molecule has 3 N–H and O–H groups in total. The molecule has 0 radical (unpaired) electrons. The fourth-order valence-electron chi connectivity index (χ4n) is 1.83. The lowest BCUT2D eigenvalue weighted by Crippen LogP contribution is -2.37. The first kappa shape index (κ1) is 16.5. The molecule has 112 valence electrons. The zero-order chi connectivity index (χ0) is 15.1. The van der Waals surface area contributed by atoms with E-state index in [4.69, 9.17) is 10.5 Å². The lowest BCUT2D eigenvalue weighted by Gasteiger charge is -2.18. The molecule has 1 aromatic rings. The largest absolute Gasteiger partial charge is 0.491 e. The third-order valence-electron chi connectivity index (χ3n) is 2.78. The van der Waals surface area contributed by atoms with Gasteiger partial charge < -0.3 is 20.7 Å². The second-order valence-electron chi connectivity index (χ2n) is 5.33. The fourth-order valence-corrected chi connectivity index (χ4v) is 1.83. The average Bonchev–Trinajstić information content (AvgIpc) is 2.34. The van der Waals surface area contributed by atoms with Crippen LogP contribution in [0.15, 0.2) is 24.3 Å². The van der Waals surface area contributed by atoms with Crippen LogP contribution in [0.3, 0.4) is 0 Å². The van der Waals surface area contributed by atoms with Gasteiger partial charge >= 0.3 is 0 Å². The SMILES string of the molecule is CC(C)Oc1ccc(C(NCCN(C)C)C(N)=O)cc1. The van der Waals surface area contributed by atoms with Crippen LogP contribution in [0.5, 0.6) is 5.75 Å². The zero-order valence-corrected chi connectivity index (χ0v) is 12.7. The van der Waals surface area contributed by atoms with Crippen molar-refractivity contribution in [2.45, 2.75) is 26.0 Å². The van der Waals surface area contributed by atoms with Crippen molar-refractivity contribution >= 4 is 5.91 Å². The van der Waals surface area contributed by atoms with Gasteiger partial charge in [0.05, 0.1) is 6.10 Å². The number of hydrogen-bond donors (Lipinski definition) is 2. The number of nitrogens with two attached hydrogens (primary N) is 1. The lowest BCUT2D eigenvalue weighted by molar-refractivity contribution is -0.120. The molecule has 1 aromatic carbocycles.